The molecular weight excluding hydrogens is 437 g/mol. The molecule has 2 aromatic rings. The molecule has 0 aliphatic heterocycles. The van der Waals surface area contributed by atoms with Crippen molar-refractivity contribution in [1.29, 1.82) is 0 Å². The minimum atomic E-state index is -0.0960. The van der Waals surface area contributed by atoms with Gasteiger partial charge in [0, 0.05) is 14.5 Å². The molecule has 2 rings (SSSR count). The van der Waals surface area contributed by atoms with E-state index >= 15 is 0 Å². The van der Waals surface area contributed by atoms with Crippen molar-refractivity contribution in [3.8, 4) is 5.75 Å². The summed E-state index contributed by atoms with van der Waals surface area (Å²) >= 11 is 7.44. The van der Waals surface area contributed by atoms with Crippen molar-refractivity contribution in [3.63, 3.8) is 0 Å². The minimum Gasteiger partial charge on any atom is -0.483 e. The lowest BCUT2D eigenvalue weighted by molar-refractivity contribution is 0.174. The summed E-state index contributed by atoms with van der Waals surface area (Å²) in [5.41, 5.74) is 6.20. The van der Waals surface area contributed by atoms with Crippen LogP contribution < -0.4 is 10.5 Å². The maximum atomic E-state index is 6.20. The van der Waals surface area contributed by atoms with E-state index in [1.165, 1.54) is 3.57 Å². The van der Waals surface area contributed by atoms with Gasteiger partial charge in [-0.2, -0.15) is 0 Å². The van der Waals surface area contributed by atoms with Gasteiger partial charge in [-0.15, -0.1) is 11.3 Å². The Bertz CT molecular complexity index is 528. The van der Waals surface area contributed by atoms with Gasteiger partial charge in [0.1, 0.15) is 11.9 Å². The van der Waals surface area contributed by atoms with Crippen LogP contribution in [0.2, 0.25) is 0 Å². The zero-order valence-corrected chi connectivity index (χ0v) is 15.0. The predicted octanol–water partition coefficient (Wildman–Crippen LogP) is 4.97. The monoisotopic (exact) mass is 451 g/mol. The zero-order chi connectivity index (χ0) is 13.8. The lowest BCUT2D eigenvalue weighted by Crippen LogP contribution is -2.30. The Morgan fingerprint density at radius 3 is 2.47 bits per heavy atom. The summed E-state index contributed by atoms with van der Waals surface area (Å²) < 4.78 is 8.38. The van der Waals surface area contributed by atoms with Crippen LogP contribution >= 0.6 is 49.9 Å². The molecular formula is C14H15BrINOS. The molecule has 0 aliphatic rings. The van der Waals surface area contributed by atoms with E-state index in [2.05, 4.69) is 51.5 Å². The second-order valence-electron chi connectivity index (χ2n) is 4.21. The van der Waals surface area contributed by atoms with Gasteiger partial charge < -0.3 is 10.5 Å². The first-order valence-electron chi connectivity index (χ1n) is 6.03. The van der Waals surface area contributed by atoms with Crippen LogP contribution in [-0.2, 0) is 0 Å². The molecule has 0 saturated carbocycles. The van der Waals surface area contributed by atoms with E-state index in [9.17, 15) is 0 Å². The SMILES string of the molecule is CCC(N)C(Oc1ccc(I)cc1)c1ccc(Br)s1. The Morgan fingerprint density at radius 2 is 1.95 bits per heavy atom. The third-order valence-corrected chi connectivity index (χ3v) is 5.22. The molecule has 0 fully saturated rings. The van der Waals surface area contributed by atoms with E-state index in [0.29, 0.717) is 0 Å². The Balaban J connectivity index is 2.21. The number of ether oxygens (including phenoxy) is 1. The first-order chi connectivity index (χ1) is 9.10. The van der Waals surface area contributed by atoms with E-state index in [1.54, 1.807) is 11.3 Å². The molecule has 0 bridgehead atoms. The fourth-order valence-corrected chi connectivity index (χ4v) is 3.60. The van der Waals surface area contributed by atoms with Crippen LogP contribution in [0.4, 0.5) is 0 Å². The van der Waals surface area contributed by atoms with E-state index in [4.69, 9.17) is 10.5 Å². The molecule has 5 heteroatoms. The van der Waals surface area contributed by atoms with E-state index in [-0.39, 0.29) is 12.1 Å². The summed E-state index contributed by atoms with van der Waals surface area (Å²) in [6, 6.07) is 12.1. The normalized spacial score (nSPS) is 14.1. The molecule has 2 atom stereocenters. The van der Waals surface area contributed by atoms with Crippen LogP contribution in [0, 0.1) is 3.57 Å². The standard InChI is InChI=1S/C14H15BrINOS/c1-2-11(17)14(12-7-8-13(15)19-12)18-10-5-3-9(16)4-6-10/h3-8,11,14H,2,17H2,1H3. The quantitative estimate of drug-likeness (QED) is 0.651. The molecule has 2 nitrogen and oxygen atoms in total. The third kappa shape index (κ3) is 4.18. The van der Waals surface area contributed by atoms with Crippen molar-refractivity contribution in [3.05, 3.63) is 48.6 Å². The van der Waals surface area contributed by atoms with Crippen molar-refractivity contribution in [1.82, 2.24) is 0 Å². The summed E-state index contributed by atoms with van der Waals surface area (Å²) in [5, 5.41) is 0. The van der Waals surface area contributed by atoms with Gasteiger partial charge in [-0.05, 0) is 81.3 Å². The van der Waals surface area contributed by atoms with Gasteiger partial charge in [0.2, 0.25) is 0 Å². The Morgan fingerprint density at radius 1 is 1.26 bits per heavy atom. The van der Waals surface area contributed by atoms with Crippen molar-refractivity contribution < 1.29 is 4.74 Å². The topological polar surface area (TPSA) is 35.2 Å². The summed E-state index contributed by atoms with van der Waals surface area (Å²) in [4.78, 5) is 1.15. The van der Waals surface area contributed by atoms with Gasteiger partial charge >= 0.3 is 0 Å². The zero-order valence-electron chi connectivity index (χ0n) is 10.5. The largest absolute Gasteiger partial charge is 0.483 e. The van der Waals surface area contributed by atoms with Crippen LogP contribution in [0.15, 0.2) is 40.2 Å². The maximum absolute atomic E-state index is 6.20. The molecule has 0 saturated heterocycles. The van der Waals surface area contributed by atoms with E-state index < -0.39 is 0 Å². The molecule has 0 aliphatic carbocycles. The number of halogens is 2. The fourth-order valence-electron chi connectivity index (χ4n) is 1.71. The second kappa shape index (κ2) is 7.06. The summed E-state index contributed by atoms with van der Waals surface area (Å²) in [6.45, 7) is 2.08. The molecule has 0 amide bonds. The fraction of sp³-hybridized carbons (Fsp3) is 0.286. The van der Waals surface area contributed by atoms with Crippen molar-refractivity contribution in [2.45, 2.75) is 25.5 Å². The predicted molar refractivity (Wildman–Crippen MR) is 92.8 cm³/mol. The van der Waals surface area contributed by atoms with Gasteiger partial charge in [0.05, 0.1) is 3.79 Å². The maximum Gasteiger partial charge on any atom is 0.148 e. The number of rotatable bonds is 5. The molecule has 0 spiro atoms. The molecule has 1 heterocycles. The van der Waals surface area contributed by atoms with Gasteiger partial charge in [0.25, 0.3) is 0 Å². The Labute approximate surface area is 139 Å². The Hall–Kier alpha value is -0.110. The Kier molecular flexibility index (Phi) is 5.68. The average Bonchev–Trinajstić information content (AvgIpc) is 2.83. The van der Waals surface area contributed by atoms with Crippen molar-refractivity contribution in [2.75, 3.05) is 0 Å². The first kappa shape index (κ1) is 15.3. The number of benzene rings is 1. The highest BCUT2D eigenvalue weighted by molar-refractivity contribution is 14.1. The first-order valence-corrected chi connectivity index (χ1v) is 8.72. The van der Waals surface area contributed by atoms with Gasteiger partial charge in [-0.1, -0.05) is 6.92 Å². The van der Waals surface area contributed by atoms with Crippen LogP contribution in [-0.4, -0.2) is 6.04 Å². The van der Waals surface area contributed by atoms with Crippen molar-refractivity contribution >= 4 is 49.9 Å². The van der Waals surface area contributed by atoms with Gasteiger partial charge in [0.15, 0.2) is 0 Å². The number of nitrogens with two attached hydrogens (primary N) is 1. The summed E-state index contributed by atoms with van der Waals surface area (Å²) in [7, 11) is 0. The highest BCUT2D eigenvalue weighted by Gasteiger charge is 2.22. The van der Waals surface area contributed by atoms with Crippen LogP contribution in [0.5, 0.6) is 5.75 Å². The number of thiophene rings is 1. The highest BCUT2D eigenvalue weighted by atomic mass is 127. The molecule has 19 heavy (non-hydrogen) atoms. The molecule has 2 N–H and O–H groups in total. The van der Waals surface area contributed by atoms with Crippen LogP contribution in [0.25, 0.3) is 0 Å². The summed E-state index contributed by atoms with van der Waals surface area (Å²) in [6.07, 6.45) is 0.784. The smallest absolute Gasteiger partial charge is 0.148 e. The van der Waals surface area contributed by atoms with Gasteiger partial charge in [-0.3, -0.25) is 0 Å². The summed E-state index contributed by atoms with van der Waals surface area (Å²) in [5.74, 6) is 0.860. The highest BCUT2D eigenvalue weighted by Crippen LogP contribution is 2.32. The van der Waals surface area contributed by atoms with Crippen LogP contribution in [0.1, 0.15) is 24.3 Å². The molecule has 2 unspecified atom stereocenters. The molecule has 1 aromatic carbocycles. The second-order valence-corrected chi connectivity index (χ2v) is 7.95. The minimum absolute atomic E-state index is 0.00942. The van der Waals surface area contributed by atoms with Crippen LogP contribution in [0.3, 0.4) is 0 Å². The third-order valence-electron chi connectivity index (χ3n) is 2.81. The lowest BCUT2D eigenvalue weighted by Gasteiger charge is -2.23. The van der Waals surface area contributed by atoms with Gasteiger partial charge in [-0.25, -0.2) is 0 Å². The average molecular weight is 452 g/mol. The number of hydrogen-bond acceptors (Lipinski definition) is 3. The van der Waals surface area contributed by atoms with E-state index in [1.807, 2.05) is 30.3 Å². The molecule has 102 valence electrons. The molecule has 1 aromatic heterocycles. The van der Waals surface area contributed by atoms with Crippen molar-refractivity contribution in [2.24, 2.45) is 5.73 Å². The lowest BCUT2D eigenvalue weighted by atomic mass is 10.1. The molecule has 0 radical (unpaired) electrons. The number of hydrogen-bond donors (Lipinski definition) is 1. The van der Waals surface area contributed by atoms with E-state index in [0.717, 1.165) is 20.8 Å².